The zero-order chi connectivity index (χ0) is 13.1. The number of hydrogen-bond donors (Lipinski definition) is 3. The normalized spacial score (nSPS) is 12.2. The van der Waals surface area contributed by atoms with Crippen LogP contribution in [0.5, 0.6) is 0 Å². The second kappa shape index (κ2) is 5.45. The Kier molecular flexibility index (Phi) is 4.46. The molecule has 4 N–H and O–H groups in total. The Morgan fingerprint density at radius 2 is 1.94 bits per heavy atom. The van der Waals surface area contributed by atoms with Crippen LogP contribution in [-0.4, -0.2) is 58.8 Å². The SMILES string of the molecule is Cn1cnc(N)c1S(=O)(=O)N(CCO)CCO. The summed E-state index contributed by atoms with van der Waals surface area (Å²) < 4.78 is 26.6. The van der Waals surface area contributed by atoms with E-state index in [2.05, 4.69) is 4.98 Å². The second-order valence-electron chi connectivity index (χ2n) is 3.40. The maximum atomic E-state index is 12.2. The number of aliphatic hydroxyl groups is 2. The number of rotatable bonds is 6. The van der Waals surface area contributed by atoms with Gasteiger partial charge in [0.2, 0.25) is 0 Å². The molecule has 0 fully saturated rings. The summed E-state index contributed by atoms with van der Waals surface area (Å²) in [5.74, 6) is -0.103. The number of imidazole rings is 1. The lowest BCUT2D eigenvalue weighted by molar-refractivity contribution is 0.217. The molecule has 0 spiro atoms. The minimum absolute atomic E-state index is 0.103. The highest BCUT2D eigenvalue weighted by Gasteiger charge is 2.29. The summed E-state index contributed by atoms with van der Waals surface area (Å²) in [5, 5.41) is 17.5. The van der Waals surface area contributed by atoms with Crippen LogP contribution < -0.4 is 5.73 Å². The highest BCUT2D eigenvalue weighted by Crippen LogP contribution is 2.19. The molecule has 0 aliphatic heterocycles. The number of aromatic nitrogens is 2. The molecule has 0 radical (unpaired) electrons. The predicted molar refractivity (Wildman–Crippen MR) is 60.6 cm³/mol. The van der Waals surface area contributed by atoms with Gasteiger partial charge in [0.1, 0.15) is 0 Å². The van der Waals surface area contributed by atoms with Gasteiger partial charge in [-0.25, -0.2) is 13.4 Å². The molecule has 0 aliphatic carbocycles. The van der Waals surface area contributed by atoms with Crippen LogP contribution in [0.1, 0.15) is 0 Å². The average Bonchev–Trinajstić information content (AvgIpc) is 2.58. The molecule has 0 saturated heterocycles. The minimum atomic E-state index is -3.85. The third-order valence-electron chi connectivity index (χ3n) is 2.19. The van der Waals surface area contributed by atoms with Crippen molar-refractivity contribution >= 4 is 15.8 Å². The minimum Gasteiger partial charge on any atom is -0.395 e. The van der Waals surface area contributed by atoms with E-state index in [0.29, 0.717) is 0 Å². The van der Waals surface area contributed by atoms with E-state index in [9.17, 15) is 8.42 Å². The Bertz CT molecular complexity index is 444. The van der Waals surface area contributed by atoms with Crippen LogP contribution >= 0.6 is 0 Å². The molecule has 98 valence electrons. The molecule has 1 aromatic heterocycles. The van der Waals surface area contributed by atoms with Gasteiger partial charge in [0.15, 0.2) is 10.8 Å². The summed E-state index contributed by atoms with van der Waals surface area (Å²) in [5.41, 5.74) is 5.49. The molecular weight excluding hydrogens is 248 g/mol. The Hall–Kier alpha value is -1.16. The maximum absolute atomic E-state index is 12.2. The lowest BCUT2D eigenvalue weighted by atomic mass is 10.6. The number of nitrogens with zero attached hydrogens (tertiary/aromatic N) is 3. The van der Waals surface area contributed by atoms with Gasteiger partial charge >= 0.3 is 0 Å². The first-order valence-electron chi connectivity index (χ1n) is 4.93. The molecule has 1 rings (SSSR count). The summed E-state index contributed by atoms with van der Waals surface area (Å²) >= 11 is 0. The molecule has 0 atom stereocenters. The topological polar surface area (TPSA) is 122 Å². The van der Waals surface area contributed by atoms with E-state index in [1.54, 1.807) is 0 Å². The molecule has 1 heterocycles. The van der Waals surface area contributed by atoms with Gasteiger partial charge in [-0.3, -0.25) is 0 Å². The fraction of sp³-hybridized carbons (Fsp3) is 0.625. The molecule has 0 bridgehead atoms. The third-order valence-corrected chi connectivity index (χ3v) is 4.22. The van der Waals surface area contributed by atoms with Crippen molar-refractivity contribution in [3.05, 3.63) is 6.33 Å². The largest absolute Gasteiger partial charge is 0.395 e. The zero-order valence-corrected chi connectivity index (χ0v) is 10.3. The van der Waals surface area contributed by atoms with Gasteiger partial charge in [-0.2, -0.15) is 4.31 Å². The Morgan fingerprint density at radius 3 is 2.29 bits per heavy atom. The van der Waals surface area contributed by atoms with Crippen LogP contribution in [-0.2, 0) is 17.1 Å². The molecule has 0 aliphatic rings. The lowest BCUT2D eigenvalue weighted by Crippen LogP contribution is -2.37. The molecule has 0 aromatic carbocycles. The maximum Gasteiger partial charge on any atom is 0.262 e. The number of hydrogen-bond acceptors (Lipinski definition) is 6. The van der Waals surface area contributed by atoms with Gasteiger partial charge in [-0.15, -0.1) is 0 Å². The first-order valence-corrected chi connectivity index (χ1v) is 6.37. The van der Waals surface area contributed by atoms with E-state index >= 15 is 0 Å². The number of nitrogens with two attached hydrogens (primary N) is 1. The molecular formula is C8H16N4O4S. The van der Waals surface area contributed by atoms with Crippen molar-refractivity contribution in [1.82, 2.24) is 13.9 Å². The number of sulfonamides is 1. The summed E-state index contributed by atoms with van der Waals surface area (Å²) in [6.07, 6.45) is 1.29. The highest BCUT2D eigenvalue weighted by molar-refractivity contribution is 7.89. The van der Waals surface area contributed by atoms with Crippen LogP contribution in [0.2, 0.25) is 0 Å². The Labute approximate surface area is 99.3 Å². The second-order valence-corrected chi connectivity index (χ2v) is 5.25. The van der Waals surface area contributed by atoms with E-state index in [1.807, 2.05) is 0 Å². The number of anilines is 1. The van der Waals surface area contributed by atoms with Crippen molar-refractivity contribution in [3.63, 3.8) is 0 Å². The van der Waals surface area contributed by atoms with E-state index in [-0.39, 0.29) is 37.1 Å². The smallest absolute Gasteiger partial charge is 0.262 e. The van der Waals surface area contributed by atoms with E-state index in [1.165, 1.54) is 17.9 Å². The van der Waals surface area contributed by atoms with E-state index in [4.69, 9.17) is 15.9 Å². The van der Waals surface area contributed by atoms with Crippen LogP contribution in [0.4, 0.5) is 5.82 Å². The number of aryl methyl sites for hydroxylation is 1. The van der Waals surface area contributed by atoms with E-state index in [0.717, 1.165) is 4.31 Å². The fourth-order valence-electron chi connectivity index (χ4n) is 1.45. The van der Waals surface area contributed by atoms with Crippen molar-refractivity contribution < 1.29 is 18.6 Å². The molecule has 0 amide bonds. The summed E-state index contributed by atoms with van der Waals surface area (Å²) in [4.78, 5) is 3.69. The standard InChI is InChI=1S/C8H16N4O4S/c1-11-6-10-7(9)8(11)17(15,16)12(2-4-13)3-5-14/h6,13-14H,2-5,9H2,1H3. The third kappa shape index (κ3) is 2.75. The van der Waals surface area contributed by atoms with Crippen LogP contribution in [0.25, 0.3) is 0 Å². The monoisotopic (exact) mass is 264 g/mol. The van der Waals surface area contributed by atoms with Gasteiger partial charge in [-0.05, 0) is 0 Å². The summed E-state index contributed by atoms with van der Waals surface area (Å²) in [7, 11) is -2.35. The van der Waals surface area contributed by atoms with Crippen molar-refractivity contribution in [2.45, 2.75) is 5.03 Å². The molecule has 17 heavy (non-hydrogen) atoms. The predicted octanol–water partition coefficient (Wildman–Crippen LogP) is -2.02. The van der Waals surface area contributed by atoms with Crippen molar-refractivity contribution in [1.29, 1.82) is 0 Å². The quantitative estimate of drug-likeness (QED) is 0.545. The first kappa shape index (κ1) is 13.9. The van der Waals surface area contributed by atoms with Gasteiger partial charge in [-0.1, -0.05) is 0 Å². The van der Waals surface area contributed by atoms with Gasteiger partial charge in [0.25, 0.3) is 10.0 Å². The number of aliphatic hydroxyl groups excluding tert-OH is 2. The zero-order valence-electron chi connectivity index (χ0n) is 9.44. The fourth-order valence-corrected chi connectivity index (χ4v) is 3.07. The first-order chi connectivity index (χ1) is 7.95. The van der Waals surface area contributed by atoms with Crippen molar-refractivity contribution in [2.75, 3.05) is 32.0 Å². The molecule has 1 aromatic rings. The van der Waals surface area contributed by atoms with Crippen LogP contribution in [0.3, 0.4) is 0 Å². The van der Waals surface area contributed by atoms with Gasteiger partial charge in [0, 0.05) is 20.1 Å². The summed E-state index contributed by atoms with van der Waals surface area (Å²) in [6, 6.07) is 0. The van der Waals surface area contributed by atoms with Crippen molar-refractivity contribution in [3.8, 4) is 0 Å². The highest BCUT2D eigenvalue weighted by atomic mass is 32.2. The Morgan fingerprint density at radius 1 is 1.41 bits per heavy atom. The molecule has 0 saturated carbocycles. The van der Waals surface area contributed by atoms with E-state index < -0.39 is 10.0 Å². The lowest BCUT2D eigenvalue weighted by Gasteiger charge is -2.20. The summed E-state index contributed by atoms with van der Waals surface area (Å²) in [6.45, 7) is -0.880. The van der Waals surface area contributed by atoms with Gasteiger partial charge in [0.05, 0.1) is 19.5 Å². The average molecular weight is 264 g/mol. The van der Waals surface area contributed by atoms with Crippen LogP contribution in [0.15, 0.2) is 11.4 Å². The van der Waals surface area contributed by atoms with Gasteiger partial charge < -0.3 is 20.5 Å². The Balaban J connectivity index is 3.16. The van der Waals surface area contributed by atoms with Crippen molar-refractivity contribution in [2.24, 2.45) is 7.05 Å². The molecule has 9 heteroatoms. The van der Waals surface area contributed by atoms with Crippen LogP contribution in [0, 0.1) is 0 Å². The molecule has 8 nitrogen and oxygen atoms in total. The molecule has 0 unspecified atom stereocenters. The number of nitrogen functional groups attached to an aromatic ring is 1.